The normalized spacial score (nSPS) is 37.2. The first-order chi connectivity index (χ1) is 23.2. The zero-order valence-electron chi connectivity index (χ0n) is 28.1. The quantitative estimate of drug-likeness (QED) is 0.306. The summed E-state index contributed by atoms with van der Waals surface area (Å²) in [5.74, 6) is -5.41. The summed E-state index contributed by atoms with van der Waals surface area (Å²) in [7, 11) is 6.77. The van der Waals surface area contributed by atoms with Crippen molar-refractivity contribution in [1.82, 2.24) is 9.80 Å². The number of piperidine rings is 2. The third-order valence-corrected chi connectivity index (χ3v) is 12.4. The van der Waals surface area contributed by atoms with E-state index in [-0.39, 0.29) is 47.9 Å². The van der Waals surface area contributed by atoms with Crippen LogP contribution in [0.15, 0.2) is 60.7 Å². The zero-order valence-corrected chi connectivity index (χ0v) is 28.1. The van der Waals surface area contributed by atoms with Crippen LogP contribution in [0.4, 0.5) is 0 Å². The Morgan fingerprint density at radius 3 is 1.27 bits per heavy atom. The number of nitrogens with zero attached hydrogens (tertiary/aromatic N) is 2. The van der Waals surface area contributed by atoms with Crippen molar-refractivity contribution in [1.29, 1.82) is 0 Å². The molecule has 1 saturated carbocycles. The lowest BCUT2D eigenvalue weighted by Crippen LogP contribution is -2.58. The number of benzene rings is 2. The molecule has 0 amide bonds. The Morgan fingerprint density at radius 2 is 0.917 bits per heavy atom. The van der Waals surface area contributed by atoms with E-state index < -0.39 is 47.8 Å². The topological polar surface area (TPSA) is 112 Å². The van der Waals surface area contributed by atoms with E-state index in [0.29, 0.717) is 12.8 Å². The van der Waals surface area contributed by atoms with Crippen LogP contribution in [0.5, 0.6) is 0 Å². The van der Waals surface area contributed by atoms with Crippen molar-refractivity contribution >= 4 is 23.9 Å². The molecule has 0 radical (unpaired) electrons. The van der Waals surface area contributed by atoms with Crippen molar-refractivity contribution < 1.29 is 38.1 Å². The van der Waals surface area contributed by atoms with Crippen LogP contribution in [-0.4, -0.2) is 98.4 Å². The largest absolute Gasteiger partial charge is 0.469 e. The fourth-order valence-electron chi connectivity index (χ4n) is 9.94. The molecule has 2 aromatic rings. The first kappa shape index (κ1) is 32.8. The van der Waals surface area contributed by atoms with Gasteiger partial charge < -0.3 is 18.9 Å². The van der Waals surface area contributed by atoms with Crippen LogP contribution in [0, 0.1) is 23.7 Å². The molecule has 10 nitrogen and oxygen atoms in total. The predicted octanol–water partition coefficient (Wildman–Crippen LogP) is 3.94. The highest BCUT2D eigenvalue weighted by Crippen LogP contribution is 2.59. The zero-order chi connectivity index (χ0) is 33.7. The lowest BCUT2D eigenvalue weighted by molar-refractivity contribution is -0.190. The molecule has 256 valence electrons. The standard InChI is InChI=1S/C38H46N2O8/c1-39-23-15-17-25(39)31(35(41)45-3)27(19-23)47-37(43)33-29(21-11-7-5-8-12-21)30(22-13-9-6-10-14-22)34(33)38(44)48-28-20-24-16-18-26(40(24)2)32(28)36(42)46-4/h5-14,23-34H,15-20H2,1-4H3/t23-,24-,25+,26+,27?,28?,29-,30+,31?,32?,33+,34+/m0/s1. The number of hydrogen-bond donors (Lipinski definition) is 0. The number of esters is 4. The van der Waals surface area contributed by atoms with Gasteiger partial charge >= 0.3 is 23.9 Å². The van der Waals surface area contributed by atoms with Crippen molar-refractivity contribution in [3.63, 3.8) is 0 Å². The van der Waals surface area contributed by atoms with Gasteiger partial charge in [-0.05, 0) is 50.9 Å². The molecular formula is C38H46N2O8. The number of carbonyl (C=O) groups is 4. The Labute approximate surface area is 282 Å². The fraction of sp³-hybridized carbons (Fsp3) is 0.579. The Bertz CT molecular complexity index is 1410. The maximum atomic E-state index is 14.5. The Hall–Kier alpha value is -3.76. The molecule has 4 bridgehead atoms. The van der Waals surface area contributed by atoms with E-state index in [0.717, 1.165) is 36.8 Å². The van der Waals surface area contributed by atoms with Crippen LogP contribution < -0.4 is 0 Å². The van der Waals surface area contributed by atoms with Gasteiger partial charge in [0, 0.05) is 48.8 Å². The van der Waals surface area contributed by atoms with E-state index in [4.69, 9.17) is 18.9 Å². The summed E-state index contributed by atoms with van der Waals surface area (Å²) in [5.41, 5.74) is 1.85. The second kappa shape index (κ2) is 13.3. The van der Waals surface area contributed by atoms with Gasteiger partial charge in [-0.3, -0.25) is 29.0 Å². The fourth-order valence-corrected chi connectivity index (χ4v) is 9.94. The highest BCUT2D eigenvalue weighted by atomic mass is 16.6. The van der Waals surface area contributed by atoms with E-state index in [9.17, 15) is 19.2 Å². The average molecular weight is 659 g/mol. The second-order valence-electron chi connectivity index (χ2n) is 14.4. The summed E-state index contributed by atoms with van der Waals surface area (Å²) in [5, 5.41) is 0. The molecule has 4 unspecified atom stereocenters. The van der Waals surface area contributed by atoms with Gasteiger partial charge in [0.2, 0.25) is 0 Å². The van der Waals surface area contributed by atoms with Gasteiger partial charge in [0.05, 0.1) is 26.1 Å². The van der Waals surface area contributed by atoms with Gasteiger partial charge in [-0.25, -0.2) is 0 Å². The molecule has 5 fully saturated rings. The lowest BCUT2D eigenvalue weighted by Gasteiger charge is -2.51. The maximum absolute atomic E-state index is 14.5. The van der Waals surface area contributed by atoms with Crippen LogP contribution in [0.1, 0.15) is 61.5 Å². The average Bonchev–Trinajstić information content (AvgIpc) is 3.45. The van der Waals surface area contributed by atoms with Crippen LogP contribution in [0.25, 0.3) is 0 Å². The van der Waals surface area contributed by atoms with Gasteiger partial charge in [-0.1, -0.05) is 60.7 Å². The molecular weight excluding hydrogens is 612 g/mol. The maximum Gasteiger partial charge on any atom is 0.314 e. The minimum absolute atomic E-state index is 0.0757. The summed E-state index contributed by atoms with van der Waals surface area (Å²) in [6.45, 7) is 0. The van der Waals surface area contributed by atoms with Crippen molar-refractivity contribution in [2.24, 2.45) is 23.7 Å². The highest BCUT2D eigenvalue weighted by molar-refractivity contribution is 5.88. The van der Waals surface area contributed by atoms with Crippen LogP contribution in [0.2, 0.25) is 0 Å². The summed E-state index contributed by atoms with van der Waals surface area (Å²) in [6.07, 6.45) is 3.24. The number of fused-ring (bicyclic) bond motifs is 4. The van der Waals surface area contributed by atoms with Crippen LogP contribution >= 0.6 is 0 Å². The molecule has 7 rings (SSSR count). The van der Waals surface area contributed by atoms with Gasteiger partial charge in [0.15, 0.2) is 0 Å². The molecule has 0 aromatic heterocycles. The third-order valence-electron chi connectivity index (χ3n) is 12.4. The first-order valence-corrected chi connectivity index (χ1v) is 17.3. The Kier molecular flexibility index (Phi) is 9.06. The van der Waals surface area contributed by atoms with Crippen molar-refractivity contribution in [3.8, 4) is 0 Å². The minimum Gasteiger partial charge on any atom is -0.469 e. The molecule has 2 aromatic carbocycles. The lowest BCUT2D eigenvalue weighted by atomic mass is 9.52. The monoisotopic (exact) mass is 658 g/mol. The van der Waals surface area contributed by atoms with Gasteiger partial charge in [0.25, 0.3) is 0 Å². The number of methoxy groups -OCH3 is 2. The van der Waals surface area contributed by atoms with Gasteiger partial charge in [0.1, 0.15) is 24.0 Å². The first-order valence-electron chi connectivity index (χ1n) is 17.3. The van der Waals surface area contributed by atoms with E-state index in [2.05, 4.69) is 9.80 Å². The smallest absolute Gasteiger partial charge is 0.314 e. The van der Waals surface area contributed by atoms with Crippen molar-refractivity contribution in [2.45, 2.75) is 86.7 Å². The molecule has 4 heterocycles. The van der Waals surface area contributed by atoms with Gasteiger partial charge in [-0.15, -0.1) is 0 Å². The molecule has 4 aliphatic heterocycles. The van der Waals surface area contributed by atoms with E-state index in [1.165, 1.54) is 14.2 Å². The van der Waals surface area contributed by atoms with E-state index in [1.54, 1.807) is 0 Å². The molecule has 5 aliphatic rings. The van der Waals surface area contributed by atoms with Crippen molar-refractivity contribution in [3.05, 3.63) is 71.8 Å². The molecule has 0 spiro atoms. The number of rotatable bonds is 8. The SMILES string of the molecule is COC(=O)C1C(OC(=O)[C@H]2[C@H](C(=O)OC3C[C@@H]4CC[C@H](C3C(=O)OC)N4C)[C@H](c3ccccc3)[C@@H]2c2ccccc2)C[C@@H]2CC[C@H]1N2C. The molecule has 48 heavy (non-hydrogen) atoms. The Morgan fingerprint density at radius 1 is 0.542 bits per heavy atom. The molecule has 0 N–H and O–H groups in total. The van der Waals surface area contributed by atoms with Gasteiger partial charge in [-0.2, -0.15) is 0 Å². The summed E-state index contributed by atoms with van der Waals surface area (Å²) < 4.78 is 23.1. The number of hydrogen-bond acceptors (Lipinski definition) is 10. The molecule has 10 heteroatoms. The molecule has 12 atom stereocenters. The van der Waals surface area contributed by atoms with Crippen LogP contribution in [-0.2, 0) is 38.1 Å². The third kappa shape index (κ3) is 5.50. The van der Waals surface area contributed by atoms with Crippen LogP contribution in [0.3, 0.4) is 0 Å². The minimum atomic E-state index is -0.847. The Balaban J connectivity index is 1.23. The molecule has 1 aliphatic carbocycles. The highest BCUT2D eigenvalue weighted by Gasteiger charge is 2.62. The molecule has 4 saturated heterocycles. The number of ether oxygens (including phenoxy) is 4. The summed E-state index contributed by atoms with van der Waals surface area (Å²) in [6, 6.07) is 19.8. The summed E-state index contributed by atoms with van der Waals surface area (Å²) in [4.78, 5) is 59.7. The predicted molar refractivity (Wildman–Crippen MR) is 174 cm³/mol. The number of carbonyl (C=O) groups excluding carboxylic acids is 4. The summed E-state index contributed by atoms with van der Waals surface area (Å²) >= 11 is 0. The van der Waals surface area contributed by atoms with Crippen molar-refractivity contribution in [2.75, 3.05) is 28.3 Å². The van der Waals surface area contributed by atoms with E-state index in [1.807, 2.05) is 74.8 Å². The van der Waals surface area contributed by atoms with E-state index >= 15 is 0 Å². The second-order valence-corrected chi connectivity index (χ2v) is 14.4.